The molecule has 294 valence electrons. The van der Waals surface area contributed by atoms with Crippen LogP contribution in [-0.2, 0) is 0 Å². The molecule has 0 aliphatic heterocycles. The lowest BCUT2D eigenvalue weighted by Gasteiger charge is -2.15. The van der Waals surface area contributed by atoms with E-state index >= 15 is 0 Å². The van der Waals surface area contributed by atoms with E-state index in [1.165, 1.54) is 27.2 Å². The fourth-order valence-corrected chi connectivity index (χ4v) is 9.16. The van der Waals surface area contributed by atoms with E-state index in [0.717, 1.165) is 83.6 Å². The highest BCUT2D eigenvalue weighted by atomic mass is 15.0. The van der Waals surface area contributed by atoms with Gasteiger partial charge in [-0.2, -0.15) is 0 Å². The zero-order valence-electron chi connectivity index (χ0n) is 34.2. The van der Waals surface area contributed by atoms with E-state index in [-0.39, 0.29) is 0 Å². The lowest BCUT2D eigenvalue weighted by Crippen LogP contribution is -1.96. The molecule has 12 aromatic rings. The van der Waals surface area contributed by atoms with Gasteiger partial charge in [-0.25, -0.2) is 15.0 Å². The summed E-state index contributed by atoms with van der Waals surface area (Å²) in [5.74, 6) is 0.693. The molecular formula is C59H38N4. The number of nitrogens with zero attached hydrogens (tertiary/aromatic N) is 4. The third-order valence-corrected chi connectivity index (χ3v) is 12.2. The Labute approximate surface area is 365 Å². The molecule has 4 heteroatoms. The van der Waals surface area contributed by atoms with Gasteiger partial charge >= 0.3 is 0 Å². The minimum absolute atomic E-state index is 0.693. The van der Waals surface area contributed by atoms with Crippen molar-refractivity contribution in [3.05, 3.63) is 231 Å². The first-order chi connectivity index (χ1) is 31.2. The number of para-hydroxylation sites is 3. The smallest absolute Gasteiger partial charge is 0.160 e. The Morgan fingerprint density at radius 3 is 1.54 bits per heavy atom. The van der Waals surface area contributed by atoms with Gasteiger partial charge in [-0.1, -0.05) is 188 Å². The maximum absolute atomic E-state index is 5.56. The third-order valence-electron chi connectivity index (χ3n) is 12.2. The topological polar surface area (TPSA) is 43.6 Å². The number of rotatable bonds is 7. The molecule has 0 radical (unpaired) electrons. The highest BCUT2D eigenvalue weighted by Gasteiger charge is 2.19. The lowest BCUT2D eigenvalue weighted by atomic mass is 9.94. The molecule has 0 N–H and O–H groups in total. The van der Waals surface area contributed by atoms with E-state index in [2.05, 4.69) is 199 Å². The van der Waals surface area contributed by atoms with E-state index < -0.39 is 0 Å². The minimum Gasteiger partial charge on any atom is -0.309 e. The first-order valence-electron chi connectivity index (χ1n) is 21.4. The van der Waals surface area contributed by atoms with Crippen LogP contribution in [0.5, 0.6) is 0 Å². The van der Waals surface area contributed by atoms with Crippen LogP contribution in [0.3, 0.4) is 0 Å². The number of hydrogen-bond acceptors (Lipinski definition) is 3. The van der Waals surface area contributed by atoms with Crippen molar-refractivity contribution < 1.29 is 0 Å². The second-order valence-electron chi connectivity index (χ2n) is 16.0. The summed E-state index contributed by atoms with van der Waals surface area (Å²) in [4.78, 5) is 15.8. The van der Waals surface area contributed by atoms with Crippen molar-refractivity contribution in [3.63, 3.8) is 0 Å². The summed E-state index contributed by atoms with van der Waals surface area (Å²) in [6.07, 6.45) is 0. The second kappa shape index (κ2) is 15.2. The molecule has 3 heterocycles. The molecule has 0 spiro atoms. The SMILES string of the molecule is c1ccc(-c2cc(-c3ccccc3)nc(-c3cccc(-c4ccc(-c5cccc6c5nc(-c5ccccc5)c5cc7c8ccccc8n(-c8ccccc8)c7cc56)cc4)c3)n2)cc1. The van der Waals surface area contributed by atoms with Crippen LogP contribution in [0.15, 0.2) is 231 Å². The van der Waals surface area contributed by atoms with Crippen LogP contribution >= 0.6 is 0 Å². The molecule has 0 fully saturated rings. The van der Waals surface area contributed by atoms with Crippen LogP contribution in [0.4, 0.5) is 0 Å². The van der Waals surface area contributed by atoms with Crippen molar-refractivity contribution in [2.24, 2.45) is 0 Å². The van der Waals surface area contributed by atoms with Gasteiger partial charge in [-0.05, 0) is 64.5 Å². The van der Waals surface area contributed by atoms with Crippen molar-refractivity contribution in [2.75, 3.05) is 0 Å². The van der Waals surface area contributed by atoms with Crippen molar-refractivity contribution in [2.45, 2.75) is 0 Å². The summed E-state index contributed by atoms with van der Waals surface area (Å²) in [6.45, 7) is 0. The van der Waals surface area contributed by atoms with Gasteiger partial charge in [0, 0.05) is 55.0 Å². The average Bonchev–Trinajstić information content (AvgIpc) is 3.69. The summed E-state index contributed by atoms with van der Waals surface area (Å²) in [6, 6.07) is 81.5. The molecule has 0 unspecified atom stereocenters. The van der Waals surface area contributed by atoms with E-state index in [1.807, 2.05) is 36.4 Å². The molecule has 0 amide bonds. The Kier molecular flexibility index (Phi) is 8.79. The Bertz CT molecular complexity index is 3580. The molecule has 63 heavy (non-hydrogen) atoms. The monoisotopic (exact) mass is 802 g/mol. The number of hydrogen-bond donors (Lipinski definition) is 0. The maximum Gasteiger partial charge on any atom is 0.160 e. The van der Waals surface area contributed by atoms with Gasteiger partial charge in [0.1, 0.15) is 0 Å². The van der Waals surface area contributed by atoms with E-state index in [1.54, 1.807) is 0 Å². The van der Waals surface area contributed by atoms with Gasteiger partial charge in [-0.3, -0.25) is 0 Å². The zero-order chi connectivity index (χ0) is 41.7. The van der Waals surface area contributed by atoms with Gasteiger partial charge in [0.2, 0.25) is 0 Å². The molecule has 12 rings (SSSR count). The second-order valence-corrected chi connectivity index (χ2v) is 16.0. The zero-order valence-corrected chi connectivity index (χ0v) is 34.2. The maximum atomic E-state index is 5.56. The molecule has 0 saturated heterocycles. The highest BCUT2D eigenvalue weighted by Crippen LogP contribution is 2.42. The molecular weight excluding hydrogens is 765 g/mol. The van der Waals surface area contributed by atoms with E-state index in [0.29, 0.717) is 5.82 Å². The Morgan fingerprint density at radius 1 is 0.286 bits per heavy atom. The van der Waals surface area contributed by atoms with Crippen molar-refractivity contribution >= 4 is 43.5 Å². The molecule has 9 aromatic carbocycles. The molecule has 3 aromatic heterocycles. The number of pyridine rings is 1. The van der Waals surface area contributed by atoms with Crippen LogP contribution in [0.1, 0.15) is 0 Å². The first-order valence-corrected chi connectivity index (χ1v) is 21.4. The molecule has 0 aliphatic carbocycles. The fraction of sp³-hybridized carbons (Fsp3) is 0. The van der Waals surface area contributed by atoms with Crippen molar-refractivity contribution in [3.8, 4) is 73.1 Å². The van der Waals surface area contributed by atoms with Gasteiger partial charge in [0.15, 0.2) is 5.82 Å². The standard InChI is InChI=1S/C59H38N4/c1-5-17-41(18-6-1)53-38-54(42-19-7-2-8-20-42)61-59(60-53)45-24-15-23-44(35-45)39-31-33-40(34-32-39)47-28-16-29-49-50-37-56-51(36-52(50)57(62-58(47)49)43-21-9-3-10-22-43)48-27-13-14-30-55(48)63(56)46-25-11-4-12-26-46/h1-38H. The first kappa shape index (κ1) is 36.4. The van der Waals surface area contributed by atoms with Crippen LogP contribution < -0.4 is 0 Å². The summed E-state index contributed by atoms with van der Waals surface area (Å²) in [5, 5.41) is 5.87. The van der Waals surface area contributed by atoms with E-state index in [9.17, 15) is 0 Å². The van der Waals surface area contributed by atoms with Crippen LogP contribution in [-0.4, -0.2) is 19.5 Å². The van der Waals surface area contributed by atoms with Gasteiger partial charge in [0.05, 0.1) is 33.6 Å². The number of fused-ring (bicyclic) bond motifs is 6. The highest BCUT2D eigenvalue weighted by molar-refractivity contribution is 6.21. The van der Waals surface area contributed by atoms with Crippen LogP contribution in [0.25, 0.3) is 117 Å². The third kappa shape index (κ3) is 6.44. The summed E-state index contributed by atoms with van der Waals surface area (Å²) in [5.41, 5.74) is 15.8. The Hall–Kier alpha value is -8.47. The average molecular weight is 803 g/mol. The van der Waals surface area contributed by atoms with Gasteiger partial charge < -0.3 is 4.57 Å². The Morgan fingerprint density at radius 2 is 0.841 bits per heavy atom. The molecule has 0 atom stereocenters. The predicted molar refractivity (Wildman–Crippen MR) is 262 cm³/mol. The van der Waals surface area contributed by atoms with Crippen LogP contribution in [0.2, 0.25) is 0 Å². The lowest BCUT2D eigenvalue weighted by molar-refractivity contribution is 1.18. The fourth-order valence-electron chi connectivity index (χ4n) is 9.16. The number of aromatic nitrogens is 4. The van der Waals surface area contributed by atoms with Crippen molar-refractivity contribution in [1.29, 1.82) is 0 Å². The summed E-state index contributed by atoms with van der Waals surface area (Å²) < 4.78 is 2.39. The quantitative estimate of drug-likeness (QED) is 0.151. The largest absolute Gasteiger partial charge is 0.309 e. The predicted octanol–water partition coefficient (Wildman–Crippen LogP) is 15.3. The summed E-state index contributed by atoms with van der Waals surface area (Å²) in [7, 11) is 0. The minimum atomic E-state index is 0.693. The molecule has 0 saturated carbocycles. The Balaban J connectivity index is 0.986. The van der Waals surface area contributed by atoms with E-state index in [4.69, 9.17) is 15.0 Å². The van der Waals surface area contributed by atoms with Crippen LogP contribution in [0, 0.1) is 0 Å². The molecule has 4 nitrogen and oxygen atoms in total. The van der Waals surface area contributed by atoms with Crippen molar-refractivity contribution in [1.82, 2.24) is 19.5 Å². The van der Waals surface area contributed by atoms with Gasteiger partial charge in [-0.15, -0.1) is 0 Å². The normalized spacial score (nSPS) is 11.5. The van der Waals surface area contributed by atoms with Gasteiger partial charge in [0.25, 0.3) is 0 Å². The molecule has 0 aliphatic rings. The number of benzene rings is 9. The molecule has 0 bridgehead atoms. The summed E-state index contributed by atoms with van der Waals surface area (Å²) >= 11 is 0.